The Morgan fingerprint density at radius 3 is 2.61 bits per heavy atom. The summed E-state index contributed by atoms with van der Waals surface area (Å²) in [5.41, 5.74) is 0.869. The van der Waals surface area contributed by atoms with Gasteiger partial charge in [0.05, 0.1) is 12.7 Å². The van der Waals surface area contributed by atoms with Crippen molar-refractivity contribution in [3.63, 3.8) is 0 Å². The zero-order valence-electron chi connectivity index (χ0n) is 11.6. The minimum Gasteiger partial charge on any atom is -0.491 e. The molecule has 1 aromatic carbocycles. The van der Waals surface area contributed by atoms with Crippen LogP contribution in [0.5, 0.6) is 5.75 Å². The second-order valence-corrected chi connectivity index (χ2v) is 4.64. The second kappa shape index (κ2) is 8.11. The van der Waals surface area contributed by atoms with E-state index in [0.29, 0.717) is 19.1 Å². The predicted octanol–water partition coefficient (Wildman–Crippen LogP) is 3.18. The van der Waals surface area contributed by atoms with Gasteiger partial charge in [0.15, 0.2) is 0 Å². The number of aliphatic hydroxyl groups excluding tert-OH is 1. The van der Waals surface area contributed by atoms with Crippen molar-refractivity contribution in [3.05, 3.63) is 29.8 Å². The molecule has 102 valence electrons. The summed E-state index contributed by atoms with van der Waals surface area (Å²) >= 11 is 0. The van der Waals surface area contributed by atoms with Crippen LogP contribution in [-0.4, -0.2) is 25.4 Å². The number of hydrogen-bond donors (Lipinski definition) is 1. The normalized spacial score (nSPS) is 14.2. The molecule has 0 aliphatic rings. The molecule has 0 aliphatic carbocycles. The first-order chi connectivity index (χ1) is 8.69. The van der Waals surface area contributed by atoms with Gasteiger partial charge in [-0.2, -0.15) is 0 Å². The van der Waals surface area contributed by atoms with E-state index in [1.807, 2.05) is 24.3 Å². The molecule has 0 radical (unpaired) electrons. The number of para-hydroxylation sites is 1. The van der Waals surface area contributed by atoms with Crippen LogP contribution in [0.3, 0.4) is 0 Å². The molecule has 0 fully saturated rings. The minimum absolute atomic E-state index is 0.460. The topological polar surface area (TPSA) is 38.7 Å². The van der Waals surface area contributed by atoms with Gasteiger partial charge in [-0.1, -0.05) is 38.5 Å². The lowest BCUT2D eigenvalue weighted by Gasteiger charge is -2.18. The Labute approximate surface area is 110 Å². The van der Waals surface area contributed by atoms with Gasteiger partial charge in [0.2, 0.25) is 0 Å². The molecule has 1 rings (SSSR count). The summed E-state index contributed by atoms with van der Waals surface area (Å²) in [5.74, 6) is 1.26. The number of aliphatic hydroxyl groups is 1. The van der Waals surface area contributed by atoms with Crippen molar-refractivity contribution in [2.45, 2.75) is 32.8 Å². The van der Waals surface area contributed by atoms with Crippen LogP contribution in [0, 0.1) is 5.92 Å². The van der Waals surface area contributed by atoms with E-state index in [0.717, 1.165) is 24.2 Å². The molecule has 0 aromatic heterocycles. The Kier molecular flexibility index (Phi) is 6.76. The van der Waals surface area contributed by atoms with E-state index in [-0.39, 0.29) is 0 Å². The van der Waals surface area contributed by atoms with E-state index in [2.05, 4.69) is 13.8 Å². The molecule has 18 heavy (non-hydrogen) atoms. The fourth-order valence-corrected chi connectivity index (χ4v) is 1.80. The van der Waals surface area contributed by atoms with E-state index >= 15 is 0 Å². The van der Waals surface area contributed by atoms with Crippen molar-refractivity contribution < 1.29 is 14.6 Å². The predicted molar refractivity (Wildman–Crippen MR) is 72.8 cm³/mol. The van der Waals surface area contributed by atoms with Crippen LogP contribution < -0.4 is 4.74 Å². The smallest absolute Gasteiger partial charge is 0.125 e. The van der Waals surface area contributed by atoms with Crippen molar-refractivity contribution >= 4 is 0 Å². The zero-order valence-corrected chi connectivity index (χ0v) is 11.6. The summed E-state index contributed by atoms with van der Waals surface area (Å²) in [6, 6.07) is 7.67. The van der Waals surface area contributed by atoms with Crippen molar-refractivity contribution in [3.8, 4) is 5.75 Å². The monoisotopic (exact) mass is 252 g/mol. The Balaban J connectivity index is 2.68. The third kappa shape index (κ3) is 4.67. The molecule has 0 saturated heterocycles. The standard InChI is InChI=1S/C15H24O3/c1-4-12(2)11-14(16)13-7-5-6-8-15(13)18-10-9-17-3/h5-8,12,14,16H,4,9-11H2,1-3H3. The zero-order chi connectivity index (χ0) is 13.4. The molecule has 0 aliphatic heterocycles. The van der Waals surface area contributed by atoms with E-state index in [9.17, 15) is 5.11 Å². The summed E-state index contributed by atoms with van der Waals surface area (Å²) < 4.78 is 10.6. The Morgan fingerprint density at radius 1 is 1.22 bits per heavy atom. The Hall–Kier alpha value is -1.06. The molecule has 2 unspecified atom stereocenters. The molecule has 0 saturated carbocycles. The average Bonchev–Trinajstić information content (AvgIpc) is 2.39. The summed E-state index contributed by atoms with van der Waals surface area (Å²) in [7, 11) is 1.65. The summed E-state index contributed by atoms with van der Waals surface area (Å²) in [6.07, 6.45) is 1.38. The molecule has 3 nitrogen and oxygen atoms in total. The Morgan fingerprint density at radius 2 is 1.94 bits per heavy atom. The molecule has 0 bridgehead atoms. The van der Waals surface area contributed by atoms with E-state index in [1.165, 1.54) is 0 Å². The van der Waals surface area contributed by atoms with Crippen LogP contribution in [0.4, 0.5) is 0 Å². The molecule has 1 N–H and O–H groups in total. The van der Waals surface area contributed by atoms with Gasteiger partial charge < -0.3 is 14.6 Å². The van der Waals surface area contributed by atoms with Gasteiger partial charge in [0, 0.05) is 12.7 Å². The molecular formula is C15H24O3. The fourth-order valence-electron chi connectivity index (χ4n) is 1.80. The van der Waals surface area contributed by atoms with Gasteiger partial charge in [-0.3, -0.25) is 0 Å². The highest BCUT2D eigenvalue weighted by atomic mass is 16.5. The lowest BCUT2D eigenvalue weighted by molar-refractivity contribution is 0.128. The minimum atomic E-state index is -0.460. The van der Waals surface area contributed by atoms with Crippen LogP contribution in [-0.2, 0) is 4.74 Å². The highest BCUT2D eigenvalue weighted by molar-refractivity contribution is 5.35. The van der Waals surface area contributed by atoms with Crippen LogP contribution in [0.2, 0.25) is 0 Å². The fraction of sp³-hybridized carbons (Fsp3) is 0.600. The van der Waals surface area contributed by atoms with Crippen molar-refractivity contribution in [1.82, 2.24) is 0 Å². The first-order valence-corrected chi connectivity index (χ1v) is 6.57. The molecular weight excluding hydrogens is 228 g/mol. The number of hydrogen-bond acceptors (Lipinski definition) is 3. The molecule has 2 atom stereocenters. The van der Waals surface area contributed by atoms with Crippen molar-refractivity contribution in [2.75, 3.05) is 20.3 Å². The maximum Gasteiger partial charge on any atom is 0.125 e. The number of rotatable bonds is 8. The van der Waals surface area contributed by atoms with Gasteiger partial charge in [-0.05, 0) is 18.4 Å². The van der Waals surface area contributed by atoms with Gasteiger partial charge in [-0.25, -0.2) is 0 Å². The first kappa shape index (κ1) is 15.0. The summed E-state index contributed by atoms with van der Waals surface area (Å²) in [5, 5.41) is 10.2. The highest BCUT2D eigenvalue weighted by Crippen LogP contribution is 2.30. The summed E-state index contributed by atoms with van der Waals surface area (Å²) in [4.78, 5) is 0. The third-order valence-electron chi connectivity index (χ3n) is 3.15. The van der Waals surface area contributed by atoms with E-state index in [1.54, 1.807) is 7.11 Å². The van der Waals surface area contributed by atoms with Crippen LogP contribution in [0.25, 0.3) is 0 Å². The van der Waals surface area contributed by atoms with E-state index in [4.69, 9.17) is 9.47 Å². The van der Waals surface area contributed by atoms with Crippen LogP contribution >= 0.6 is 0 Å². The van der Waals surface area contributed by atoms with Gasteiger partial charge in [0.25, 0.3) is 0 Å². The largest absolute Gasteiger partial charge is 0.491 e. The number of ether oxygens (including phenoxy) is 2. The Bertz CT molecular complexity index is 338. The maximum absolute atomic E-state index is 10.2. The number of methoxy groups -OCH3 is 1. The molecule has 0 spiro atoms. The average molecular weight is 252 g/mol. The quantitative estimate of drug-likeness (QED) is 0.722. The molecule has 0 amide bonds. The maximum atomic E-state index is 10.2. The highest BCUT2D eigenvalue weighted by Gasteiger charge is 2.15. The second-order valence-electron chi connectivity index (χ2n) is 4.64. The molecule has 1 aromatic rings. The number of benzene rings is 1. The first-order valence-electron chi connectivity index (χ1n) is 6.57. The van der Waals surface area contributed by atoms with Crippen LogP contribution in [0.15, 0.2) is 24.3 Å². The van der Waals surface area contributed by atoms with E-state index < -0.39 is 6.10 Å². The van der Waals surface area contributed by atoms with Crippen molar-refractivity contribution in [1.29, 1.82) is 0 Å². The van der Waals surface area contributed by atoms with Gasteiger partial charge in [0.1, 0.15) is 12.4 Å². The van der Waals surface area contributed by atoms with Crippen molar-refractivity contribution in [2.24, 2.45) is 5.92 Å². The lowest BCUT2D eigenvalue weighted by Crippen LogP contribution is -2.09. The van der Waals surface area contributed by atoms with Gasteiger partial charge in [-0.15, -0.1) is 0 Å². The molecule has 3 heteroatoms. The molecule has 0 heterocycles. The van der Waals surface area contributed by atoms with Gasteiger partial charge >= 0.3 is 0 Å². The third-order valence-corrected chi connectivity index (χ3v) is 3.15. The SMILES string of the molecule is CCC(C)CC(O)c1ccccc1OCCOC. The summed E-state index contributed by atoms with van der Waals surface area (Å²) in [6.45, 7) is 5.34. The lowest BCUT2D eigenvalue weighted by atomic mass is 9.96. The van der Waals surface area contributed by atoms with Crippen LogP contribution in [0.1, 0.15) is 38.4 Å².